The van der Waals surface area contributed by atoms with Crippen molar-refractivity contribution < 1.29 is 4.79 Å². The molecule has 2 rings (SSSR count). The molecule has 5 nitrogen and oxygen atoms in total. The Balaban J connectivity index is 2.20. The lowest BCUT2D eigenvalue weighted by Crippen LogP contribution is -2.26. The normalized spacial score (nSPS) is 10.5. The maximum absolute atomic E-state index is 12.6. The average molecular weight is 304 g/mol. The molecule has 0 bridgehead atoms. The van der Waals surface area contributed by atoms with Gasteiger partial charge in [0.1, 0.15) is 5.82 Å². The number of hydrogen-bond donors (Lipinski definition) is 1. The molecule has 0 atom stereocenters. The van der Waals surface area contributed by atoms with Crippen molar-refractivity contribution in [3.63, 3.8) is 0 Å². The zero-order valence-electron chi connectivity index (χ0n) is 12.8. The lowest BCUT2D eigenvalue weighted by Gasteiger charge is -2.17. The molecule has 0 fully saturated rings. The third kappa shape index (κ3) is 3.58. The van der Waals surface area contributed by atoms with E-state index >= 15 is 0 Å². The van der Waals surface area contributed by atoms with Gasteiger partial charge in [-0.3, -0.25) is 4.79 Å². The molecule has 0 unspecified atom stereocenters. The molecule has 0 aliphatic carbocycles. The number of pyridine rings is 1. The molecule has 6 heteroatoms. The van der Waals surface area contributed by atoms with Crippen LogP contribution < -0.4 is 5.32 Å². The molecular formula is C15H20N4OS. The number of anilines is 1. The van der Waals surface area contributed by atoms with Gasteiger partial charge in [-0.2, -0.15) is 0 Å². The molecule has 0 spiro atoms. The Morgan fingerprint density at radius 3 is 2.76 bits per heavy atom. The van der Waals surface area contributed by atoms with E-state index in [9.17, 15) is 4.79 Å². The number of amides is 1. The van der Waals surface area contributed by atoms with Crippen molar-refractivity contribution in [2.75, 3.05) is 19.4 Å². The molecule has 2 aromatic heterocycles. The molecule has 0 radical (unpaired) electrons. The number of hydrogen-bond acceptors (Lipinski definition) is 5. The molecule has 1 N–H and O–H groups in total. The Morgan fingerprint density at radius 1 is 1.43 bits per heavy atom. The monoisotopic (exact) mass is 304 g/mol. The number of aromatic nitrogens is 2. The van der Waals surface area contributed by atoms with E-state index in [2.05, 4.69) is 15.3 Å². The van der Waals surface area contributed by atoms with Crippen molar-refractivity contribution in [1.29, 1.82) is 0 Å². The minimum atomic E-state index is -0.00333. The largest absolute Gasteiger partial charge is 0.373 e. The van der Waals surface area contributed by atoms with Gasteiger partial charge in [0.05, 0.1) is 17.7 Å². The first-order valence-corrected chi connectivity index (χ1v) is 7.76. The highest BCUT2D eigenvalue weighted by molar-refractivity contribution is 7.09. The van der Waals surface area contributed by atoms with Gasteiger partial charge in [-0.15, -0.1) is 11.3 Å². The van der Waals surface area contributed by atoms with Gasteiger partial charge in [0, 0.05) is 30.2 Å². The second kappa shape index (κ2) is 6.67. The van der Waals surface area contributed by atoms with E-state index in [1.807, 2.05) is 32.5 Å². The van der Waals surface area contributed by atoms with Gasteiger partial charge in [0.25, 0.3) is 5.91 Å². The summed E-state index contributed by atoms with van der Waals surface area (Å²) < 4.78 is 0. The second-order valence-corrected chi connectivity index (χ2v) is 5.80. The molecule has 0 aromatic carbocycles. The Kier molecular flexibility index (Phi) is 4.90. The van der Waals surface area contributed by atoms with E-state index in [0.29, 0.717) is 12.1 Å². The van der Waals surface area contributed by atoms with E-state index in [-0.39, 0.29) is 5.91 Å². The van der Waals surface area contributed by atoms with Crippen LogP contribution in [0.5, 0.6) is 0 Å². The molecule has 21 heavy (non-hydrogen) atoms. The third-order valence-electron chi connectivity index (χ3n) is 3.32. The van der Waals surface area contributed by atoms with Gasteiger partial charge in [-0.05, 0) is 25.5 Å². The molecule has 1 amide bonds. The standard InChI is InChI=1S/C15H20N4OS/c1-5-12-6-11(7-14(16-3)18-12)15(20)19(4)8-13-10(2)17-9-21-13/h6-7,9H,5,8H2,1-4H3,(H,16,18). The minimum Gasteiger partial charge on any atom is -0.373 e. The Bertz CT molecular complexity index is 616. The highest BCUT2D eigenvalue weighted by Gasteiger charge is 2.15. The zero-order valence-corrected chi connectivity index (χ0v) is 13.6. The van der Waals surface area contributed by atoms with Gasteiger partial charge in [0.2, 0.25) is 0 Å². The molecular weight excluding hydrogens is 284 g/mol. The number of aryl methyl sites for hydroxylation is 2. The fourth-order valence-corrected chi connectivity index (χ4v) is 2.84. The summed E-state index contributed by atoms with van der Waals surface area (Å²) >= 11 is 1.58. The predicted molar refractivity (Wildman–Crippen MR) is 85.8 cm³/mol. The Hall–Kier alpha value is -1.95. The fraction of sp³-hybridized carbons (Fsp3) is 0.400. The van der Waals surface area contributed by atoms with Crippen LogP contribution in [0, 0.1) is 6.92 Å². The molecule has 0 aliphatic heterocycles. The van der Waals surface area contributed by atoms with Crippen LogP contribution in [-0.2, 0) is 13.0 Å². The smallest absolute Gasteiger partial charge is 0.254 e. The van der Waals surface area contributed by atoms with Crippen LogP contribution in [0.4, 0.5) is 5.82 Å². The first-order valence-electron chi connectivity index (χ1n) is 6.88. The number of carbonyl (C=O) groups excluding carboxylic acids is 1. The van der Waals surface area contributed by atoms with Crippen LogP contribution in [0.25, 0.3) is 0 Å². The quantitative estimate of drug-likeness (QED) is 0.923. The van der Waals surface area contributed by atoms with Gasteiger partial charge >= 0.3 is 0 Å². The number of nitrogens with zero attached hydrogens (tertiary/aromatic N) is 3. The van der Waals surface area contributed by atoms with Gasteiger partial charge in [-0.25, -0.2) is 9.97 Å². The first kappa shape index (κ1) is 15.4. The summed E-state index contributed by atoms with van der Waals surface area (Å²) in [5, 5.41) is 3.00. The highest BCUT2D eigenvalue weighted by atomic mass is 32.1. The van der Waals surface area contributed by atoms with Crippen molar-refractivity contribution in [1.82, 2.24) is 14.9 Å². The maximum atomic E-state index is 12.6. The molecule has 0 saturated heterocycles. The van der Waals surface area contributed by atoms with Crippen molar-refractivity contribution in [3.8, 4) is 0 Å². The summed E-state index contributed by atoms with van der Waals surface area (Å²) in [4.78, 5) is 24.0. The van der Waals surface area contributed by atoms with E-state index < -0.39 is 0 Å². The molecule has 112 valence electrons. The number of rotatable bonds is 5. The van der Waals surface area contributed by atoms with E-state index in [1.54, 1.807) is 29.4 Å². The van der Waals surface area contributed by atoms with Crippen LogP contribution in [0.3, 0.4) is 0 Å². The van der Waals surface area contributed by atoms with Gasteiger partial charge in [0.15, 0.2) is 0 Å². The van der Waals surface area contributed by atoms with E-state index in [1.165, 1.54) is 0 Å². The van der Waals surface area contributed by atoms with Crippen LogP contribution in [0.1, 0.15) is 33.5 Å². The predicted octanol–water partition coefficient (Wildman–Crippen LogP) is 2.72. The van der Waals surface area contributed by atoms with Crippen LogP contribution in [0.15, 0.2) is 17.6 Å². The summed E-state index contributed by atoms with van der Waals surface area (Å²) in [5.41, 5.74) is 4.37. The Labute approximate surface area is 129 Å². The maximum Gasteiger partial charge on any atom is 0.254 e. The van der Waals surface area contributed by atoms with Crippen molar-refractivity contribution in [2.45, 2.75) is 26.8 Å². The van der Waals surface area contributed by atoms with Gasteiger partial charge in [-0.1, -0.05) is 6.92 Å². The summed E-state index contributed by atoms with van der Waals surface area (Å²) in [6, 6.07) is 3.65. The first-order chi connectivity index (χ1) is 10.0. The van der Waals surface area contributed by atoms with Crippen molar-refractivity contribution in [3.05, 3.63) is 39.5 Å². The molecule has 2 heterocycles. The summed E-state index contributed by atoms with van der Waals surface area (Å²) in [5.74, 6) is 0.719. The number of thiazole rings is 1. The van der Waals surface area contributed by atoms with Crippen molar-refractivity contribution in [2.24, 2.45) is 0 Å². The third-order valence-corrected chi connectivity index (χ3v) is 4.24. The zero-order chi connectivity index (χ0) is 15.4. The van der Waals surface area contributed by atoms with Crippen LogP contribution in [0.2, 0.25) is 0 Å². The number of carbonyl (C=O) groups is 1. The Morgan fingerprint density at radius 2 is 2.19 bits per heavy atom. The topological polar surface area (TPSA) is 58.1 Å². The lowest BCUT2D eigenvalue weighted by molar-refractivity contribution is 0.0786. The average Bonchev–Trinajstić information content (AvgIpc) is 2.90. The van der Waals surface area contributed by atoms with E-state index in [0.717, 1.165) is 28.5 Å². The molecule has 2 aromatic rings. The lowest BCUT2D eigenvalue weighted by atomic mass is 10.1. The summed E-state index contributed by atoms with van der Waals surface area (Å²) in [6.07, 6.45) is 0.799. The summed E-state index contributed by atoms with van der Waals surface area (Å²) in [6.45, 7) is 4.57. The molecule has 0 saturated carbocycles. The second-order valence-electron chi connectivity index (χ2n) is 4.86. The van der Waals surface area contributed by atoms with E-state index in [4.69, 9.17) is 0 Å². The SMILES string of the molecule is CCc1cc(C(=O)N(C)Cc2scnc2C)cc(NC)n1. The molecule has 0 aliphatic rings. The minimum absolute atomic E-state index is 0.00333. The van der Waals surface area contributed by atoms with Crippen LogP contribution >= 0.6 is 11.3 Å². The highest BCUT2D eigenvalue weighted by Crippen LogP contribution is 2.17. The van der Waals surface area contributed by atoms with Gasteiger partial charge < -0.3 is 10.2 Å². The number of nitrogens with one attached hydrogen (secondary N) is 1. The van der Waals surface area contributed by atoms with Crippen molar-refractivity contribution >= 4 is 23.1 Å². The van der Waals surface area contributed by atoms with Crippen LogP contribution in [-0.4, -0.2) is 34.9 Å². The fourth-order valence-electron chi connectivity index (χ4n) is 2.01. The summed E-state index contributed by atoms with van der Waals surface area (Å²) in [7, 11) is 3.62.